The topological polar surface area (TPSA) is 151 Å². The predicted octanol–water partition coefficient (Wildman–Crippen LogP) is -4.55. The Balaban J connectivity index is 0.00000400. The molecule has 1 aliphatic rings. The van der Waals surface area contributed by atoms with Crippen LogP contribution in [0, 0.1) is 0 Å². The summed E-state index contributed by atoms with van der Waals surface area (Å²) in [5.74, 6) is -0.552. The van der Waals surface area contributed by atoms with Crippen molar-refractivity contribution in [2.45, 2.75) is 31.8 Å². The van der Waals surface area contributed by atoms with Gasteiger partial charge in [-0.3, -0.25) is 4.79 Å². The number of piperidine rings is 1. The van der Waals surface area contributed by atoms with Crippen molar-refractivity contribution in [3.8, 4) is 0 Å². The van der Waals surface area contributed by atoms with Crippen molar-refractivity contribution in [1.82, 2.24) is 10.4 Å². The van der Waals surface area contributed by atoms with Gasteiger partial charge in [-0.2, -0.15) is 9.35 Å². The number of rotatable bonds is 5. The monoisotopic (exact) mass is 333 g/mol. The van der Waals surface area contributed by atoms with Crippen molar-refractivity contribution < 1.29 is 61.1 Å². The van der Waals surface area contributed by atoms with Crippen LogP contribution in [0.5, 0.6) is 0 Å². The second-order valence-electron chi connectivity index (χ2n) is 4.10. The van der Waals surface area contributed by atoms with Crippen molar-refractivity contribution in [1.29, 1.82) is 0 Å². The van der Waals surface area contributed by atoms with E-state index in [1.807, 2.05) is 0 Å². The Morgan fingerprint density at radius 1 is 1.43 bits per heavy atom. The molecule has 0 spiro atoms. The average molecular weight is 333 g/mol. The molecule has 3 N–H and O–H groups in total. The van der Waals surface area contributed by atoms with Gasteiger partial charge in [0.05, 0.1) is 18.7 Å². The second kappa shape index (κ2) is 8.88. The van der Waals surface area contributed by atoms with E-state index in [0.717, 1.165) is 0 Å². The first-order valence-electron chi connectivity index (χ1n) is 5.88. The van der Waals surface area contributed by atoms with Gasteiger partial charge in [-0.15, -0.1) is 0 Å². The average Bonchev–Trinajstić information content (AvgIpc) is 2.35. The molecule has 0 aliphatic carbocycles. The van der Waals surface area contributed by atoms with Gasteiger partial charge in [-0.25, -0.2) is 13.2 Å². The van der Waals surface area contributed by atoms with Crippen molar-refractivity contribution in [3.63, 3.8) is 0 Å². The summed E-state index contributed by atoms with van der Waals surface area (Å²) in [6.07, 6.45) is -0.580. The Morgan fingerprint density at radius 3 is 2.43 bits per heavy atom. The molecule has 10 nitrogen and oxygen atoms in total. The van der Waals surface area contributed by atoms with Gasteiger partial charge in [0.1, 0.15) is 0 Å². The first kappa shape index (κ1) is 20.6. The molecule has 2 amide bonds. The van der Waals surface area contributed by atoms with E-state index in [4.69, 9.17) is 5.73 Å². The van der Waals surface area contributed by atoms with Crippen LogP contribution in [0.2, 0.25) is 0 Å². The minimum absolute atomic E-state index is 0. The van der Waals surface area contributed by atoms with Crippen LogP contribution in [0.15, 0.2) is 0 Å². The number of ether oxygens (including phenoxy) is 1. The molecule has 0 unspecified atom stereocenters. The Hall–Kier alpha value is -0.430. The van der Waals surface area contributed by atoms with Gasteiger partial charge in [0.25, 0.3) is 0 Å². The zero-order chi connectivity index (χ0) is 15.3. The summed E-state index contributed by atoms with van der Waals surface area (Å²) in [7, 11) is -5.11. The summed E-state index contributed by atoms with van der Waals surface area (Å²) in [6, 6.07) is -1.33. The van der Waals surface area contributed by atoms with Gasteiger partial charge in [0.15, 0.2) is 0 Å². The summed E-state index contributed by atoms with van der Waals surface area (Å²) in [5.41, 5.74) is 5.11. The van der Waals surface area contributed by atoms with Gasteiger partial charge >= 0.3 is 35.7 Å². The number of hydrogen-bond acceptors (Lipinski definition) is 8. The van der Waals surface area contributed by atoms with Gasteiger partial charge in [0, 0.05) is 6.54 Å². The molecule has 21 heavy (non-hydrogen) atoms. The molecule has 12 heteroatoms. The van der Waals surface area contributed by atoms with E-state index in [1.165, 1.54) is 6.92 Å². The number of nitrogens with zero attached hydrogens (tertiary/aromatic N) is 1. The number of hydroxylamine groups is 2. The molecule has 1 fully saturated rings. The van der Waals surface area contributed by atoms with Crippen LogP contribution in [-0.2, 0) is 24.2 Å². The second-order valence-corrected chi connectivity index (χ2v) is 5.07. The number of hydrogen-bond donors (Lipinski definition) is 2. The standard InChI is InChI=1S/C9H17N3O7S.Na/c1-2-18-9(14)12(19-20(15,16)17)6-3-4-7(8(10)13)11-5-6;/h6-7,11H,2-5H2,1H3,(H2,10,13)(H,15,16,17);/q;+1/p-1/t6-,7+;/m1./s1. The summed E-state index contributed by atoms with van der Waals surface area (Å²) < 4.78 is 40.7. The minimum atomic E-state index is -5.11. The first-order valence-corrected chi connectivity index (χ1v) is 7.22. The molecule has 0 aromatic rings. The summed E-state index contributed by atoms with van der Waals surface area (Å²) in [4.78, 5) is 22.6. The molecule has 0 aromatic carbocycles. The molecule has 1 aliphatic heterocycles. The van der Waals surface area contributed by atoms with Crippen LogP contribution in [0.25, 0.3) is 0 Å². The third kappa shape index (κ3) is 6.91. The largest absolute Gasteiger partial charge is 1.00 e. The maximum Gasteiger partial charge on any atom is 1.00 e. The number of nitrogens with one attached hydrogen (secondary N) is 1. The van der Waals surface area contributed by atoms with Crippen molar-refractivity contribution in [2.24, 2.45) is 5.73 Å². The fraction of sp³-hybridized carbons (Fsp3) is 0.778. The molecule has 1 heterocycles. The van der Waals surface area contributed by atoms with E-state index in [2.05, 4.69) is 14.3 Å². The van der Waals surface area contributed by atoms with E-state index >= 15 is 0 Å². The minimum Gasteiger partial charge on any atom is -0.724 e. The molecule has 1 rings (SSSR count). The Bertz CT molecular complexity index is 464. The maximum absolute atomic E-state index is 11.6. The van der Waals surface area contributed by atoms with E-state index in [0.29, 0.717) is 5.06 Å². The fourth-order valence-electron chi connectivity index (χ4n) is 1.81. The smallest absolute Gasteiger partial charge is 0.724 e. The molecule has 0 aromatic heterocycles. The Morgan fingerprint density at radius 2 is 2.05 bits per heavy atom. The van der Waals surface area contributed by atoms with E-state index in [-0.39, 0.29) is 55.6 Å². The van der Waals surface area contributed by atoms with Crippen LogP contribution in [0.4, 0.5) is 4.79 Å². The third-order valence-electron chi connectivity index (χ3n) is 2.68. The SMILES string of the molecule is CCOC(=O)N(OS(=O)(=O)[O-])[C@@H]1CC[C@@H](C(N)=O)NC1.[Na+]. The fourth-order valence-corrected chi connectivity index (χ4v) is 2.19. The predicted molar refractivity (Wildman–Crippen MR) is 63.7 cm³/mol. The molecule has 0 saturated carbocycles. The van der Waals surface area contributed by atoms with Crippen LogP contribution < -0.4 is 40.6 Å². The van der Waals surface area contributed by atoms with Crippen LogP contribution in [0.1, 0.15) is 19.8 Å². The van der Waals surface area contributed by atoms with Crippen LogP contribution in [0.3, 0.4) is 0 Å². The summed E-state index contributed by atoms with van der Waals surface area (Å²) in [5, 5.41) is 3.10. The molecule has 0 bridgehead atoms. The van der Waals surface area contributed by atoms with Crippen LogP contribution in [-0.4, -0.2) is 55.3 Å². The number of primary amides is 1. The number of carbonyl (C=O) groups is 2. The quantitative estimate of drug-likeness (QED) is 0.221. The van der Waals surface area contributed by atoms with Crippen LogP contribution >= 0.6 is 0 Å². The number of carbonyl (C=O) groups excluding carboxylic acids is 2. The normalized spacial score (nSPS) is 22.0. The molecule has 0 radical (unpaired) electrons. The Kier molecular flexibility index (Phi) is 8.70. The third-order valence-corrected chi connectivity index (χ3v) is 3.03. The van der Waals surface area contributed by atoms with Gasteiger partial charge in [-0.1, -0.05) is 0 Å². The first-order chi connectivity index (χ1) is 9.24. The zero-order valence-electron chi connectivity index (χ0n) is 11.8. The zero-order valence-corrected chi connectivity index (χ0v) is 14.6. The van der Waals surface area contributed by atoms with Crippen molar-refractivity contribution in [3.05, 3.63) is 0 Å². The van der Waals surface area contributed by atoms with E-state index < -0.39 is 34.5 Å². The van der Waals surface area contributed by atoms with E-state index in [1.54, 1.807) is 0 Å². The molecule has 2 atom stereocenters. The molecule has 1 saturated heterocycles. The summed E-state index contributed by atoms with van der Waals surface area (Å²) >= 11 is 0. The molecule has 116 valence electrons. The number of amides is 2. The van der Waals surface area contributed by atoms with Gasteiger partial charge in [-0.05, 0) is 19.8 Å². The molecular formula is C9H16N3NaO7S. The number of nitrogens with two attached hydrogens (primary N) is 1. The van der Waals surface area contributed by atoms with Gasteiger partial charge < -0.3 is 20.3 Å². The maximum atomic E-state index is 11.6. The van der Waals surface area contributed by atoms with Crippen molar-refractivity contribution in [2.75, 3.05) is 13.2 Å². The van der Waals surface area contributed by atoms with Crippen molar-refractivity contribution >= 4 is 22.4 Å². The molecular weight excluding hydrogens is 317 g/mol. The van der Waals surface area contributed by atoms with E-state index in [9.17, 15) is 22.6 Å². The van der Waals surface area contributed by atoms with Gasteiger partial charge in [0.2, 0.25) is 16.3 Å². The Labute approximate surface area is 144 Å². The summed E-state index contributed by atoms with van der Waals surface area (Å²) in [6.45, 7) is 1.55.